The van der Waals surface area contributed by atoms with Gasteiger partial charge in [0, 0.05) is 39.5 Å². The van der Waals surface area contributed by atoms with Crippen LogP contribution in [0.3, 0.4) is 0 Å². The lowest BCUT2D eigenvalue weighted by Crippen LogP contribution is -2.46. The van der Waals surface area contributed by atoms with Gasteiger partial charge in [-0.1, -0.05) is 64.9 Å². The molecular formula is C26H23ClN4O4S2. The van der Waals surface area contributed by atoms with Crippen molar-refractivity contribution < 1.29 is 18.2 Å². The van der Waals surface area contributed by atoms with Crippen molar-refractivity contribution in [1.82, 2.24) is 19.6 Å². The summed E-state index contributed by atoms with van der Waals surface area (Å²) in [5.41, 5.74) is 1.26. The molecule has 1 N–H and O–H groups in total. The van der Waals surface area contributed by atoms with E-state index >= 15 is 0 Å². The van der Waals surface area contributed by atoms with E-state index in [4.69, 9.17) is 16.2 Å². The van der Waals surface area contributed by atoms with E-state index in [1.165, 1.54) is 16.1 Å². The van der Waals surface area contributed by atoms with Crippen molar-refractivity contribution in [3.8, 4) is 0 Å². The Hall–Kier alpha value is -2.76. The average Bonchev–Trinajstić information content (AvgIpc) is 3.40. The van der Waals surface area contributed by atoms with Crippen LogP contribution < -0.4 is 0 Å². The van der Waals surface area contributed by atoms with Gasteiger partial charge in [-0.05, 0) is 54.2 Å². The molecule has 2 aromatic heterocycles. The van der Waals surface area contributed by atoms with Crippen LogP contribution in [0.2, 0.25) is 5.02 Å². The molecule has 190 valence electrons. The van der Waals surface area contributed by atoms with E-state index in [9.17, 15) is 13.5 Å². The van der Waals surface area contributed by atoms with Gasteiger partial charge in [-0.3, -0.25) is 4.98 Å². The van der Waals surface area contributed by atoms with Gasteiger partial charge in [0.2, 0.25) is 10.0 Å². The zero-order chi connectivity index (χ0) is 25.6. The van der Waals surface area contributed by atoms with Crippen molar-refractivity contribution >= 4 is 49.2 Å². The maximum absolute atomic E-state index is 13.7. The highest BCUT2D eigenvalue weighted by Gasteiger charge is 2.44. The molecule has 0 amide bonds. The first-order chi connectivity index (χ1) is 17.8. The first kappa shape index (κ1) is 24.6. The fourth-order valence-corrected chi connectivity index (χ4v) is 7.99. The van der Waals surface area contributed by atoms with Crippen molar-refractivity contribution in [2.45, 2.75) is 35.0 Å². The summed E-state index contributed by atoms with van der Waals surface area (Å²) in [6.45, 7) is 0.400. The molecule has 1 fully saturated rings. The number of sulfonamides is 1. The second kappa shape index (κ2) is 9.52. The number of aromatic nitrogens is 3. The summed E-state index contributed by atoms with van der Waals surface area (Å²) in [7, 11) is -3.77. The third-order valence-corrected chi connectivity index (χ3v) is 10.6. The molecule has 1 unspecified atom stereocenters. The quantitative estimate of drug-likeness (QED) is 0.360. The third kappa shape index (κ3) is 4.46. The number of rotatable bonds is 5. The van der Waals surface area contributed by atoms with Crippen LogP contribution in [0, 0.1) is 0 Å². The Kier molecular flexibility index (Phi) is 6.32. The van der Waals surface area contributed by atoms with E-state index in [2.05, 4.69) is 15.3 Å². The molecule has 2 aromatic carbocycles. The summed E-state index contributed by atoms with van der Waals surface area (Å²) >= 11 is 7.45. The van der Waals surface area contributed by atoms with Gasteiger partial charge in [0.15, 0.2) is 0 Å². The minimum Gasteiger partial charge on any atom is -0.385 e. The van der Waals surface area contributed by atoms with Crippen molar-refractivity contribution in [2.75, 3.05) is 13.1 Å². The third-order valence-electron chi connectivity index (χ3n) is 7.04. The van der Waals surface area contributed by atoms with Crippen molar-refractivity contribution in [1.29, 1.82) is 0 Å². The molecule has 37 heavy (non-hydrogen) atoms. The van der Waals surface area contributed by atoms with Gasteiger partial charge < -0.3 is 5.11 Å². The number of para-hydroxylation sites is 1. The number of piperidine rings is 1. The zero-order valence-electron chi connectivity index (χ0n) is 19.6. The SMILES string of the molecule is O=S(=O)(C1CC=C(Sc2cccc3cccnc23)c2nonc21)N1CCC(O)(c2ccc(Cl)cc2)CC1. The lowest BCUT2D eigenvalue weighted by molar-refractivity contribution is -0.00978. The van der Waals surface area contributed by atoms with E-state index in [0.717, 1.165) is 26.3 Å². The number of pyridine rings is 1. The molecule has 1 saturated heterocycles. The van der Waals surface area contributed by atoms with Crippen molar-refractivity contribution in [2.24, 2.45) is 0 Å². The normalized spacial score (nSPS) is 19.9. The molecule has 3 heterocycles. The Bertz CT molecular complexity index is 1590. The Morgan fingerprint density at radius 3 is 2.59 bits per heavy atom. The number of thioether (sulfide) groups is 1. The molecule has 1 atom stereocenters. The molecule has 0 radical (unpaired) electrons. The Morgan fingerprint density at radius 2 is 1.81 bits per heavy atom. The smallest absolute Gasteiger partial charge is 0.223 e. The first-order valence-corrected chi connectivity index (χ1v) is 14.6. The zero-order valence-corrected chi connectivity index (χ0v) is 22.0. The van der Waals surface area contributed by atoms with E-state index < -0.39 is 20.9 Å². The molecule has 2 aliphatic rings. The van der Waals surface area contributed by atoms with Gasteiger partial charge in [-0.25, -0.2) is 17.4 Å². The summed E-state index contributed by atoms with van der Waals surface area (Å²) in [4.78, 5) is 6.24. The molecule has 11 heteroatoms. The summed E-state index contributed by atoms with van der Waals surface area (Å²) in [6.07, 6.45) is 4.46. The predicted molar refractivity (Wildman–Crippen MR) is 142 cm³/mol. The number of hydrogen-bond acceptors (Lipinski definition) is 8. The first-order valence-electron chi connectivity index (χ1n) is 11.9. The Morgan fingerprint density at radius 1 is 1.05 bits per heavy atom. The van der Waals surface area contributed by atoms with Crippen molar-refractivity contribution in [3.05, 3.63) is 88.8 Å². The monoisotopic (exact) mass is 554 g/mol. The van der Waals surface area contributed by atoms with Gasteiger partial charge in [-0.15, -0.1) is 0 Å². The Labute approximate surface area is 223 Å². The number of allylic oxidation sites excluding steroid dienone is 1. The summed E-state index contributed by atoms with van der Waals surface area (Å²) in [5.74, 6) is 0. The summed E-state index contributed by atoms with van der Waals surface area (Å²) in [6, 6.07) is 16.9. The number of nitrogens with zero attached hydrogens (tertiary/aromatic N) is 4. The maximum atomic E-state index is 13.7. The molecule has 1 aliphatic carbocycles. The predicted octanol–water partition coefficient (Wildman–Crippen LogP) is 5.16. The number of aliphatic hydroxyl groups is 1. The number of hydrogen-bond donors (Lipinski definition) is 1. The van der Waals surface area contributed by atoms with Gasteiger partial charge >= 0.3 is 0 Å². The van der Waals surface area contributed by atoms with Crippen LogP contribution in [0.4, 0.5) is 0 Å². The highest BCUT2D eigenvalue weighted by molar-refractivity contribution is 8.08. The Balaban J connectivity index is 1.22. The van der Waals surface area contributed by atoms with Crippen LogP contribution in [0.15, 0.2) is 76.4 Å². The molecule has 6 rings (SSSR count). The fraction of sp³-hybridized carbons (Fsp3) is 0.269. The minimum absolute atomic E-state index is 0.200. The van der Waals surface area contributed by atoms with Crippen LogP contribution >= 0.6 is 23.4 Å². The number of benzene rings is 2. The van der Waals surface area contributed by atoms with E-state index in [0.29, 0.717) is 16.4 Å². The van der Waals surface area contributed by atoms with Gasteiger partial charge in [0.05, 0.1) is 11.1 Å². The number of fused-ring (bicyclic) bond motifs is 2. The second-order valence-corrected chi connectivity index (χ2v) is 12.8. The van der Waals surface area contributed by atoms with Crippen molar-refractivity contribution in [3.63, 3.8) is 0 Å². The second-order valence-electron chi connectivity index (χ2n) is 9.21. The summed E-state index contributed by atoms with van der Waals surface area (Å²) in [5, 5.41) is 20.0. The van der Waals surface area contributed by atoms with Crippen LogP contribution in [0.5, 0.6) is 0 Å². The van der Waals surface area contributed by atoms with Crippen LogP contribution in [-0.2, 0) is 15.6 Å². The van der Waals surface area contributed by atoms with Gasteiger partial charge in [0.1, 0.15) is 16.6 Å². The molecular weight excluding hydrogens is 532 g/mol. The minimum atomic E-state index is -3.77. The molecule has 0 saturated carbocycles. The van der Waals surface area contributed by atoms with E-state index in [-0.39, 0.29) is 32.4 Å². The molecule has 0 spiro atoms. The molecule has 8 nitrogen and oxygen atoms in total. The molecule has 1 aliphatic heterocycles. The van der Waals surface area contributed by atoms with Crippen LogP contribution in [0.1, 0.15) is 41.5 Å². The van der Waals surface area contributed by atoms with Crippen LogP contribution in [-0.4, -0.2) is 46.2 Å². The topological polar surface area (TPSA) is 109 Å². The highest BCUT2D eigenvalue weighted by atomic mass is 35.5. The molecule has 4 aromatic rings. The largest absolute Gasteiger partial charge is 0.385 e. The highest BCUT2D eigenvalue weighted by Crippen LogP contribution is 2.46. The lowest BCUT2D eigenvalue weighted by atomic mass is 9.85. The van der Waals surface area contributed by atoms with E-state index in [1.54, 1.807) is 30.5 Å². The summed E-state index contributed by atoms with van der Waals surface area (Å²) < 4.78 is 33.9. The van der Waals surface area contributed by atoms with Gasteiger partial charge in [-0.2, -0.15) is 0 Å². The van der Waals surface area contributed by atoms with E-state index in [1.807, 2.05) is 36.4 Å². The maximum Gasteiger partial charge on any atom is 0.223 e. The molecule has 0 bridgehead atoms. The fourth-order valence-electron chi connectivity index (χ4n) is 4.97. The lowest BCUT2D eigenvalue weighted by Gasteiger charge is -2.39. The van der Waals surface area contributed by atoms with Crippen LogP contribution in [0.25, 0.3) is 15.8 Å². The standard InChI is InChI=1S/C26H23ClN4O4S2/c27-19-8-6-18(7-9-19)26(32)12-15-31(16-13-26)37(33,34)22-11-10-21(24-25(22)30-35-29-24)36-20-5-1-3-17-4-2-14-28-23(17)20/h1-10,14,22,32H,11-13,15-16H2. The number of halogens is 1. The van der Waals surface area contributed by atoms with Gasteiger partial charge in [0.25, 0.3) is 0 Å². The average molecular weight is 555 g/mol.